The van der Waals surface area contributed by atoms with Crippen molar-refractivity contribution in [1.82, 2.24) is 4.98 Å². The molecule has 1 heterocycles. The summed E-state index contributed by atoms with van der Waals surface area (Å²) in [6.45, 7) is 0. The van der Waals surface area contributed by atoms with Crippen LogP contribution in [0.2, 0.25) is 5.02 Å². The summed E-state index contributed by atoms with van der Waals surface area (Å²) in [4.78, 5) is 4.35. The molecule has 0 radical (unpaired) electrons. The molecule has 1 saturated carbocycles. The number of hydrogen-bond acceptors (Lipinski definition) is 3. The molecule has 0 spiro atoms. The molecule has 2 aromatic rings. The van der Waals surface area contributed by atoms with Gasteiger partial charge in [-0.1, -0.05) is 23.4 Å². The van der Waals surface area contributed by atoms with Gasteiger partial charge in [-0.25, -0.2) is 4.98 Å². The maximum Gasteiger partial charge on any atom is 0.256 e. The van der Waals surface area contributed by atoms with Crippen LogP contribution in [-0.2, 0) is 0 Å². The summed E-state index contributed by atoms with van der Waals surface area (Å²) in [5.41, 5.74) is 1.52. The predicted molar refractivity (Wildman–Crippen MR) is 72.3 cm³/mol. The van der Waals surface area contributed by atoms with Crippen molar-refractivity contribution in [2.24, 2.45) is 5.92 Å². The maximum absolute atomic E-state index is 5.96. The van der Waals surface area contributed by atoms with Crippen LogP contribution >= 0.6 is 46.6 Å². The van der Waals surface area contributed by atoms with Gasteiger partial charge in [-0.2, -0.15) is 0 Å². The van der Waals surface area contributed by atoms with Crippen LogP contribution in [0.3, 0.4) is 0 Å². The summed E-state index contributed by atoms with van der Waals surface area (Å²) in [5, 5.41) is 1.29. The number of oxazole rings is 1. The van der Waals surface area contributed by atoms with Crippen LogP contribution in [0.25, 0.3) is 11.1 Å². The molecule has 2 nitrogen and oxygen atoms in total. The zero-order chi connectivity index (χ0) is 12.0. The molecule has 0 aliphatic heterocycles. The molecule has 1 aromatic heterocycles. The monoisotopic (exact) mass is 307 g/mol. The minimum Gasteiger partial charge on any atom is -0.431 e. The first-order valence-corrected chi connectivity index (χ1v) is 7.23. The third-order valence-corrected chi connectivity index (χ3v) is 4.85. The van der Waals surface area contributed by atoms with Crippen molar-refractivity contribution >= 4 is 57.7 Å². The molecule has 0 amide bonds. The second-order valence-corrected chi connectivity index (χ2v) is 7.01. The summed E-state index contributed by atoms with van der Waals surface area (Å²) in [5.74, 6) is 1.16. The van der Waals surface area contributed by atoms with Gasteiger partial charge >= 0.3 is 0 Å². The average Bonchev–Trinajstić information content (AvgIpc) is 2.71. The fourth-order valence-corrected chi connectivity index (χ4v) is 3.50. The van der Waals surface area contributed by atoms with Crippen molar-refractivity contribution in [3.8, 4) is 0 Å². The van der Waals surface area contributed by atoms with Gasteiger partial charge in [0.15, 0.2) is 5.58 Å². The molecule has 90 valence electrons. The summed E-state index contributed by atoms with van der Waals surface area (Å²) in [7, 11) is 0. The van der Waals surface area contributed by atoms with Crippen molar-refractivity contribution in [1.29, 1.82) is 0 Å². The Morgan fingerprint density at radius 1 is 1.47 bits per heavy atom. The molecule has 1 atom stereocenters. The van der Waals surface area contributed by atoms with Gasteiger partial charge < -0.3 is 4.42 Å². The second-order valence-electron chi connectivity index (χ2n) is 4.06. The number of aromatic nitrogens is 1. The fraction of sp³-hybridized carbons (Fsp3) is 0.364. The molecule has 1 aromatic carbocycles. The summed E-state index contributed by atoms with van der Waals surface area (Å²) in [6.07, 6.45) is 0.842. The van der Waals surface area contributed by atoms with E-state index in [0.717, 1.165) is 23.3 Å². The average molecular weight is 309 g/mol. The molecule has 3 rings (SSSR count). The Hall–Kier alpha value is -0.0900. The maximum atomic E-state index is 5.96. The highest BCUT2D eigenvalue weighted by atomic mass is 35.5. The van der Waals surface area contributed by atoms with Gasteiger partial charge in [-0.3, -0.25) is 0 Å². The molecular formula is C11H8Cl3NOS. The zero-order valence-electron chi connectivity index (χ0n) is 8.62. The van der Waals surface area contributed by atoms with E-state index in [2.05, 4.69) is 4.98 Å². The molecule has 17 heavy (non-hydrogen) atoms. The first-order valence-electron chi connectivity index (χ1n) is 5.11. The van der Waals surface area contributed by atoms with Gasteiger partial charge in [-0.15, -0.1) is 23.2 Å². The van der Waals surface area contributed by atoms with Crippen LogP contribution in [0.1, 0.15) is 6.42 Å². The largest absolute Gasteiger partial charge is 0.431 e. The normalized spacial score (nSPS) is 21.9. The second kappa shape index (κ2) is 4.23. The molecule has 0 bridgehead atoms. The zero-order valence-corrected chi connectivity index (χ0v) is 11.7. The third-order valence-electron chi connectivity index (χ3n) is 2.69. The van der Waals surface area contributed by atoms with Crippen LogP contribution in [0.4, 0.5) is 0 Å². The van der Waals surface area contributed by atoms with E-state index >= 15 is 0 Å². The first-order chi connectivity index (χ1) is 8.04. The number of halogens is 3. The highest BCUT2D eigenvalue weighted by molar-refractivity contribution is 7.99. The van der Waals surface area contributed by atoms with E-state index in [1.54, 1.807) is 12.1 Å². The number of nitrogens with zero attached hydrogens (tertiary/aromatic N) is 1. The molecular weight excluding hydrogens is 301 g/mol. The molecule has 6 heteroatoms. The van der Waals surface area contributed by atoms with Gasteiger partial charge in [0.25, 0.3) is 5.22 Å². The number of benzene rings is 1. The quantitative estimate of drug-likeness (QED) is 0.603. The highest BCUT2D eigenvalue weighted by Gasteiger charge is 2.51. The van der Waals surface area contributed by atoms with Crippen molar-refractivity contribution in [2.45, 2.75) is 16.0 Å². The Balaban J connectivity index is 1.73. The smallest absolute Gasteiger partial charge is 0.256 e. The van der Waals surface area contributed by atoms with Gasteiger partial charge in [0.2, 0.25) is 0 Å². The van der Waals surface area contributed by atoms with Crippen molar-refractivity contribution < 1.29 is 4.42 Å². The summed E-state index contributed by atoms with van der Waals surface area (Å²) < 4.78 is 5.04. The molecule has 0 unspecified atom stereocenters. The SMILES string of the molecule is Clc1ccc2oc(SC[C@H]3CC3(Cl)Cl)nc2c1. The number of fused-ring (bicyclic) bond motifs is 1. The van der Waals surface area contributed by atoms with Crippen LogP contribution < -0.4 is 0 Å². The first kappa shape index (κ1) is 12.0. The molecule has 0 N–H and O–H groups in total. The molecule has 1 aliphatic rings. The number of rotatable bonds is 3. The van der Waals surface area contributed by atoms with Crippen LogP contribution in [0.15, 0.2) is 27.8 Å². The van der Waals surface area contributed by atoms with Crippen molar-refractivity contribution in [3.63, 3.8) is 0 Å². The van der Waals surface area contributed by atoms with E-state index in [0.29, 0.717) is 16.2 Å². The van der Waals surface area contributed by atoms with Crippen molar-refractivity contribution in [2.75, 3.05) is 5.75 Å². The lowest BCUT2D eigenvalue weighted by Crippen LogP contribution is -1.92. The third kappa shape index (κ3) is 2.53. The van der Waals surface area contributed by atoms with E-state index in [1.165, 1.54) is 11.8 Å². The van der Waals surface area contributed by atoms with Gasteiger partial charge in [-0.05, 0) is 24.6 Å². The van der Waals surface area contributed by atoms with Crippen LogP contribution in [0, 0.1) is 5.92 Å². The number of hydrogen-bond donors (Lipinski definition) is 0. The fourth-order valence-electron chi connectivity index (χ4n) is 1.56. The van der Waals surface area contributed by atoms with Gasteiger partial charge in [0.1, 0.15) is 9.85 Å². The van der Waals surface area contributed by atoms with E-state index < -0.39 is 4.33 Å². The van der Waals surface area contributed by atoms with Crippen LogP contribution in [-0.4, -0.2) is 15.1 Å². The molecule has 1 aliphatic carbocycles. The van der Waals surface area contributed by atoms with E-state index in [-0.39, 0.29) is 0 Å². The van der Waals surface area contributed by atoms with Gasteiger partial charge in [0.05, 0.1) is 0 Å². The lowest BCUT2D eigenvalue weighted by atomic mass is 10.3. The summed E-state index contributed by atoms with van der Waals surface area (Å²) in [6, 6.07) is 5.39. The standard InChI is InChI=1S/C11H8Cl3NOS/c12-7-1-2-9-8(3-7)15-10(16-9)17-5-6-4-11(6,13)14/h1-3,6H,4-5H2/t6-/m1/s1. The van der Waals surface area contributed by atoms with E-state index in [9.17, 15) is 0 Å². The van der Waals surface area contributed by atoms with E-state index in [4.69, 9.17) is 39.2 Å². The number of thioether (sulfide) groups is 1. The van der Waals surface area contributed by atoms with E-state index in [1.807, 2.05) is 6.07 Å². The Kier molecular flexibility index (Phi) is 2.98. The highest BCUT2D eigenvalue weighted by Crippen LogP contribution is 2.54. The topological polar surface area (TPSA) is 26.0 Å². The Morgan fingerprint density at radius 3 is 2.94 bits per heavy atom. The minimum absolute atomic E-state index is 0.328. The predicted octanol–water partition coefficient (Wildman–Crippen LogP) is 4.77. The van der Waals surface area contributed by atoms with Gasteiger partial charge in [0, 0.05) is 16.7 Å². The lowest BCUT2D eigenvalue weighted by Gasteiger charge is -1.96. The Bertz CT molecular complexity index is 569. The lowest BCUT2D eigenvalue weighted by molar-refractivity contribution is 0.489. The Morgan fingerprint density at radius 2 is 2.24 bits per heavy atom. The van der Waals surface area contributed by atoms with Crippen LogP contribution in [0.5, 0.6) is 0 Å². The number of alkyl halides is 2. The molecule has 1 fully saturated rings. The van der Waals surface area contributed by atoms with Crippen molar-refractivity contribution in [3.05, 3.63) is 23.2 Å². The minimum atomic E-state index is -0.539. The summed E-state index contributed by atoms with van der Waals surface area (Å²) >= 11 is 19.3. The molecule has 0 saturated heterocycles. The Labute approximate surface area is 118 Å².